The van der Waals surface area contributed by atoms with Crippen molar-refractivity contribution in [2.75, 3.05) is 0 Å². The van der Waals surface area contributed by atoms with Crippen LogP contribution in [0.3, 0.4) is 0 Å². The predicted octanol–water partition coefficient (Wildman–Crippen LogP) is 4.99. The quantitative estimate of drug-likeness (QED) is 0.469. The van der Waals surface area contributed by atoms with Gasteiger partial charge in [0.1, 0.15) is 5.69 Å². The fraction of sp³-hybridized carbons (Fsp3) is 0.174. The average Bonchev–Trinajstić information content (AvgIpc) is 2.95. The summed E-state index contributed by atoms with van der Waals surface area (Å²) in [6, 6.07) is 26.1. The van der Waals surface area contributed by atoms with Crippen LogP contribution < -0.4 is 4.57 Å². The Morgan fingerprint density at radius 3 is 2.24 bits per heavy atom. The van der Waals surface area contributed by atoms with Gasteiger partial charge in [-0.05, 0) is 54.8 Å². The van der Waals surface area contributed by atoms with Gasteiger partial charge in [-0.3, -0.25) is 0 Å². The third-order valence-corrected chi connectivity index (χ3v) is 5.00. The molecule has 0 saturated heterocycles. The van der Waals surface area contributed by atoms with Crippen molar-refractivity contribution in [2.24, 2.45) is 7.05 Å². The van der Waals surface area contributed by atoms with Gasteiger partial charge in [-0.15, -0.1) is 0 Å². The maximum atomic E-state index is 2.37. The van der Waals surface area contributed by atoms with Crippen molar-refractivity contribution in [2.45, 2.75) is 20.3 Å². The Hall–Kier alpha value is -2.87. The molecule has 4 aromatic rings. The smallest absolute Gasteiger partial charge is 0.225 e. The van der Waals surface area contributed by atoms with Gasteiger partial charge in [0.15, 0.2) is 11.0 Å². The molecular weight excluding hydrogens is 304 g/mol. The number of para-hydroxylation sites is 2. The minimum absolute atomic E-state index is 1.06. The van der Waals surface area contributed by atoms with Crippen LogP contribution >= 0.6 is 0 Å². The molecule has 0 amide bonds. The molecule has 0 fully saturated rings. The standard InChI is InChI=1S/C23H23N2/c1-4-18-13-15-19(16-14-18)25-22-12-8-7-11-21(22)24(3)23(25)20-10-6-5-9-17(20)2/h5-16H,4H2,1-3H3/q+1. The van der Waals surface area contributed by atoms with E-state index >= 15 is 0 Å². The van der Waals surface area contributed by atoms with Crippen molar-refractivity contribution < 1.29 is 4.57 Å². The fourth-order valence-corrected chi connectivity index (χ4v) is 3.58. The Bertz CT molecular complexity index is 1040. The zero-order valence-electron chi connectivity index (χ0n) is 15.0. The summed E-state index contributed by atoms with van der Waals surface area (Å²) in [5.41, 5.74) is 7.58. The van der Waals surface area contributed by atoms with Gasteiger partial charge < -0.3 is 0 Å². The number of rotatable bonds is 3. The molecule has 0 unspecified atom stereocenters. The summed E-state index contributed by atoms with van der Waals surface area (Å²) in [5, 5.41) is 0. The number of hydrogen-bond donors (Lipinski definition) is 0. The maximum absolute atomic E-state index is 2.37. The lowest BCUT2D eigenvalue weighted by molar-refractivity contribution is -0.633. The minimum atomic E-state index is 1.06. The molecule has 0 bridgehead atoms. The number of nitrogens with zero attached hydrogens (tertiary/aromatic N) is 2. The van der Waals surface area contributed by atoms with Gasteiger partial charge in [0, 0.05) is 0 Å². The molecule has 0 radical (unpaired) electrons. The van der Waals surface area contributed by atoms with Gasteiger partial charge in [0.2, 0.25) is 0 Å². The van der Waals surface area contributed by atoms with Gasteiger partial charge in [-0.2, -0.15) is 4.57 Å². The molecule has 2 nitrogen and oxygen atoms in total. The van der Waals surface area contributed by atoms with Crippen LogP contribution in [0.2, 0.25) is 0 Å². The summed E-state index contributed by atoms with van der Waals surface area (Å²) in [6.07, 6.45) is 1.06. The average molecular weight is 327 g/mol. The second-order valence-electron chi connectivity index (χ2n) is 6.54. The number of aromatic nitrogens is 2. The Kier molecular flexibility index (Phi) is 3.89. The summed E-state index contributed by atoms with van der Waals surface area (Å²) >= 11 is 0. The molecule has 0 saturated carbocycles. The van der Waals surface area contributed by atoms with Gasteiger partial charge in [0.25, 0.3) is 5.82 Å². The number of benzene rings is 3. The molecule has 0 aliphatic heterocycles. The van der Waals surface area contributed by atoms with Crippen LogP contribution in [0, 0.1) is 6.92 Å². The Labute approximate surface area is 149 Å². The van der Waals surface area contributed by atoms with E-state index in [0.717, 1.165) is 6.42 Å². The summed E-state index contributed by atoms with van der Waals surface area (Å²) < 4.78 is 4.67. The fourth-order valence-electron chi connectivity index (χ4n) is 3.58. The number of fused-ring (bicyclic) bond motifs is 1. The molecular formula is C23H23N2+. The lowest BCUT2D eigenvalue weighted by Gasteiger charge is -2.06. The molecule has 0 atom stereocenters. The molecule has 0 N–H and O–H groups in total. The zero-order chi connectivity index (χ0) is 17.4. The highest BCUT2D eigenvalue weighted by Gasteiger charge is 2.26. The molecule has 0 spiro atoms. The third-order valence-electron chi connectivity index (χ3n) is 5.00. The predicted molar refractivity (Wildman–Crippen MR) is 104 cm³/mol. The van der Waals surface area contributed by atoms with Crippen molar-refractivity contribution in [3.05, 3.63) is 83.9 Å². The Balaban J connectivity index is 2.08. The number of hydrogen-bond acceptors (Lipinski definition) is 0. The van der Waals surface area contributed by atoms with Crippen molar-refractivity contribution in [3.8, 4) is 17.1 Å². The molecule has 124 valence electrons. The minimum Gasteiger partial charge on any atom is -0.225 e. The van der Waals surface area contributed by atoms with Crippen LogP contribution in [0.25, 0.3) is 28.1 Å². The maximum Gasteiger partial charge on any atom is 0.295 e. The van der Waals surface area contributed by atoms with E-state index in [1.807, 2.05) is 0 Å². The lowest BCUT2D eigenvalue weighted by atomic mass is 10.1. The van der Waals surface area contributed by atoms with Crippen molar-refractivity contribution in [3.63, 3.8) is 0 Å². The largest absolute Gasteiger partial charge is 0.295 e. The van der Waals surface area contributed by atoms with Crippen LogP contribution in [0.4, 0.5) is 0 Å². The first kappa shape index (κ1) is 15.6. The summed E-state index contributed by atoms with van der Waals surface area (Å²) in [6.45, 7) is 4.37. The summed E-state index contributed by atoms with van der Waals surface area (Å²) in [7, 11) is 2.15. The monoisotopic (exact) mass is 327 g/mol. The number of aryl methyl sites for hydroxylation is 3. The Morgan fingerprint density at radius 1 is 0.840 bits per heavy atom. The molecule has 2 heteroatoms. The summed E-state index contributed by atoms with van der Waals surface area (Å²) in [4.78, 5) is 0. The highest BCUT2D eigenvalue weighted by atomic mass is 15.2. The molecule has 0 aliphatic rings. The Morgan fingerprint density at radius 2 is 1.52 bits per heavy atom. The summed E-state index contributed by atoms with van der Waals surface area (Å²) in [5.74, 6) is 1.21. The van der Waals surface area contributed by atoms with Crippen molar-refractivity contribution in [1.29, 1.82) is 0 Å². The van der Waals surface area contributed by atoms with Crippen LogP contribution in [-0.4, -0.2) is 4.57 Å². The molecule has 4 rings (SSSR count). The first-order valence-corrected chi connectivity index (χ1v) is 8.85. The van der Waals surface area contributed by atoms with Gasteiger partial charge in [-0.1, -0.05) is 49.4 Å². The van der Waals surface area contributed by atoms with Gasteiger partial charge in [-0.25, -0.2) is 4.57 Å². The normalized spacial score (nSPS) is 11.2. The van der Waals surface area contributed by atoms with E-state index in [2.05, 4.69) is 103 Å². The first-order valence-electron chi connectivity index (χ1n) is 8.85. The van der Waals surface area contributed by atoms with E-state index in [4.69, 9.17) is 0 Å². The molecule has 0 aliphatic carbocycles. The van der Waals surface area contributed by atoms with E-state index in [1.165, 1.54) is 39.2 Å². The van der Waals surface area contributed by atoms with E-state index < -0.39 is 0 Å². The molecule has 25 heavy (non-hydrogen) atoms. The van der Waals surface area contributed by atoms with Crippen LogP contribution in [0.1, 0.15) is 18.1 Å². The van der Waals surface area contributed by atoms with E-state index in [-0.39, 0.29) is 0 Å². The van der Waals surface area contributed by atoms with Gasteiger partial charge >= 0.3 is 0 Å². The van der Waals surface area contributed by atoms with Crippen LogP contribution in [0.5, 0.6) is 0 Å². The zero-order valence-corrected chi connectivity index (χ0v) is 15.0. The van der Waals surface area contributed by atoms with E-state index in [0.29, 0.717) is 0 Å². The molecule has 1 aromatic heterocycles. The highest BCUT2D eigenvalue weighted by molar-refractivity contribution is 5.79. The lowest BCUT2D eigenvalue weighted by Crippen LogP contribution is -2.30. The second-order valence-corrected chi connectivity index (χ2v) is 6.54. The van der Waals surface area contributed by atoms with Crippen LogP contribution in [-0.2, 0) is 13.5 Å². The third kappa shape index (κ3) is 2.54. The first-order chi connectivity index (χ1) is 12.2. The second kappa shape index (κ2) is 6.21. The number of imidazole rings is 1. The van der Waals surface area contributed by atoms with Gasteiger partial charge in [0.05, 0.1) is 12.6 Å². The van der Waals surface area contributed by atoms with Crippen molar-refractivity contribution >= 4 is 11.0 Å². The molecule has 3 aromatic carbocycles. The van der Waals surface area contributed by atoms with Crippen molar-refractivity contribution in [1.82, 2.24) is 4.57 Å². The SMILES string of the molecule is CCc1ccc(-n2c(-c3ccccc3C)[n+](C)c3ccccc32)cc1. The van der Waals surface area contributed by atoms with Crippen LogP contribution in [0.15, 0.2) is 72.8 Å². The van der Waals surface area contributed by atoms with E-state index in [9.17, 15) is 0 Å². The molecule has 1 heterocycles. The topological polar surface area (TPSA) is 8.81 Å². The highest BCUT2D eigenvalue weighted by Crippen LogP contribution is 2.29. The van der Waals surface area contributed by atoms with E-state index in [1.54, 1.807) is 0 Å².